The average Bonchev–Trinajstić information content (AvgIpc) is 2.45. The van der Waals surface area contributed by atoms with Crippen LogP contribution in [0.15, 0.2) is 24.3 Å². The number of amides is 1. The Hall–Kier alpha value is -2.06. The van der Waals surface area contributed by atoms with E-state index in [1.807, 2.05) is 32.9 Å². The fourth-order valence-corrected chi connectivity index (χ4v) is 2.32. The van der Waals surface area contributed by atoms with E-state index in [1.165, 1.54) is 0 Å². The molecule has 0 aromatic heterocycles. The third kappa shape index (κ3) is 3.96. The molecule has 0 bridgehead atoms. The zero-order chi connectivity index (χ0) is 15.5. The summed E-state index contributed by atoms with van der Waals surface area (Å²) in [6.45, 7) is 7.65. The molecule has 1 N–H and O–H groups in total. The summed E-state index contributed by atoms with van der Waals surface area (Å²) < 4.78 is 5.48. The number of benzene rings is 1. The molecule has 0 saturated carbocycles. The van der Waals surface area contributed by atoms with Crippen molar-refractivity contribution in [1.82, 2.24) is 10.2 Å². The van der Waals surface area contributed by atoms with Crippen molar-refractivity contribution in [2.24, 2.45) is 0 Å². The summed E-state index contributed by atoms with van der Waals surface area (Å²) in [6, 6.07) is 9.38. The number of rotatable bonds is 1. The normalized spacial score (nSPS) is 19.0. The molecule has 5 heteroatoms. The second-order valence-electron chi connectivity index (χ2n) is 6.13. The first-order valence-corrected chi connectivity index (χ1v) is 7.11. The van der Waals surface area contributed by atoms with E-state index in [0.29, 0.717) is 18.7 Å². The molecule has 1 heterocycles. The van der Waals surface area contributed by atoms with E-state index >= 15 is 0 Å². The molecule has 1 aromatic rings. The minimum Gasteiger partial charge on any atom is -0.444 e. The van der Waals surface area contributed by atoms with Gasteiger partial charge < -0.3 is 10.1 Å². The molecule has 0 spiro atoms. The van der Waals surface area contributed by atoms with Gasteiger partial charge in [-0.3, -0.25) is 4.90 Å². The molecule has 0 aliphatic carbocycles. The third-order valence-electron chi connectivity index (χ3n) is 3.30. The van der Waals surface area contributed by atoms with Crippen LogP contribution in [-0.2, 0) is 4.74 Å². The molecule has 1 aromatic carbocycles. The summed E-state index contributed by atoms with van der Waals surface area (Å²) in [6.07, 6.45) is -0.293. The number of nitrogens with zero attached hydrogens (tertiary/aromatic N) is 2. The second kappa shape index (κ2) is 6.15. The van der Waals surface area contributed by atoms with Gasteiger partial charge in [0.15, 0.2) is 0 Å². The molecule has 112 valence electrons. The van der Waals surface area contributed by atoms with Crippen LogP contribution in [-0.4, -0.2) is 36.2 Å². The van der Waals surface area contributed by atoms with Gasteiger partial charge in [-0.1, -0.05) is 12.1 Å². The van der Waals surface area contributed by atoms with Crippen molar-refractivity contribution < 1.29 is 9.53 Å². The summed E-state index contributed by atoms with van der Waals surface area (Å²) in [5.74, 6) is 0. The van der Waals surface area contributed by atoms with Crippen LogP contribution in [0.25, 0.3) is 0 Å². The van der Waals surface area contributed by atoms with Gasteiger partial charge in [-0.25, -0.2) is 4.79 Å². The van der Waals surface area contributed by atoms with Crippen LogP contribution in [0.1, 0.15) is 37.9 Å². The monoisotopic (exact) mass is 287 g/mol. The Balaban J connectivity index is 2.18. The first kappa shape index (κ1) is 15.3. The van der Waals surface area contributed by atoms with Gasteiger partial charge in [-0.2, -0.15) is 5.26 Å². The number of nitrogens with one attached hydrogen (secondary N) is 1. The van der Waals surface area contributed by atoms with Gasteiger partial charge in [0.1, 0.15) is 5.60 Å². The molecule has 1 amide bonds. The van der Waals surface area contributed by atoms with Crippen molar-refractivity contribution in [3.05, 3.63) is 35.4 Å². The SMILES string of the molecule is CC(C)(C)OC(=O)N1CCNCC1c1ccc(C#N)cc1. The molecular weight excluding hydrogens is 266 g/mol. The predicted molar refractivity (Wildman–Crippen MR) is 79.7 cm³/mol. The summed E-state index contributed by atoms with van der Waals surface area (Å²) in [7, 11) is 0. The fourth-order valence-electron chi connectivity index (χ4n) is 2.32. The first-order valence-electron chi connectivity index (χ1n) is 7.11. The molecule has 1 fully saturated rings. The summed E-state index contributed by atoms with van der Waals surface area (Å²) in [5.41, 5.74) is 1.12. The third-order valence-corrected chi connectivity index (χ3v) is 3.30. The van der Waals surface area contributed by atoms with Crippen LogP contribution in [0.2, 0.25) is 0 Å². The predicted octanol–water partition coefficient (Wildman–Crippen LogP) is 2.44. The van der Waals surface area contributed by atoms with Crippen molar-refractivity contribution >= 4 is 6.09 Å². The van der Waals surface area contributed by atoms with Gasteiger partial charge >= 0.3 is 6.09 Å². The van der Waals surface area contributed by atoms with Crippen LogP contribution in [0.5, 0.6) is 0 Å². The molecule has 1 unspecified atom stereocenters. The van der Waals surface area contributed by atoms with E-state index in [9.17, 15) is 4.79 Å². The minimum absolute atomic E-state index is 0.0682. The number of hydrogen-bond donors (Lipinski definition) is 1. The average molecular weight is 287 g/mol. The molecule has 1 saturated heterocycles. The van der Waals surface area contributed by atoms with Gasteiger partial charge in [0, 0.05) is 19.6 Å². The molecule has 5 nitrogen and oxygen atoms in total. The highest BCUT2D eigenvalue weighted by Crippen LogP contribution is 2.24. The quantitative estimate of drug-likeness (QED) is 0.861. The Labute approximate surface area is 125 Å². The smallest absolute Gasteiger partial charge is 0.410 e. The number of piperazine rings is 1. The summed E-state index contributed by atoms with van der Waals surface area (Å²) in [4.78, 5) is 14.1. The number of nitriles is 1. The minimum atomic E-state index is -0.503. The van der Waals surface area contributed by atoms with Gasteiger partial charge in [0.2, 0.25) is 0 Å². The van der Waals surface area contributed by atoms with E-state index < -0.39 is 5.60 Å². The molecular formula is C16H21N3O2. The van der Waals surface area contributed by atoms with E-state index in [2.05, 4.69) is 11.4 Å². The highest BCUT2D eigenvalue weighted by molar-refractivity contribution is 5.69. The molecule has 1 aliphatic rings. The largest absolute Gasteiger partial charge is 0.444 e. The Morgan fingerprint density at radius 1 is 1.38 bits per heavy atom. The van der Waals surface area contributed by atoms with Crippen molar-refractivity contribution in [1.29, 1.82) is 5.26 Å². The Morgan fingerprint density at radius 2 is 2.05 bits per heavy atom. The maximum absolute atomic E-state index is 12.3. The van der Waals surface area contributed by atoms with E-state index in [4.69, 9.17) is 10.00 Å². The molecule has 0 radical (unpaired) electrons. The van der Waals surface area contributed by atoms with Gasteiger partial charge in [0.25, 0.3) is 0 Å². The van der Waals surface area contributed by atoms with Crippen LogP contribution in [0, 0.1) is 11.3 Å². The summed E-state index contributed by atoms with van der Waals surface area (Å²) in [5, 5.41) is 12.2. The highest BCUT2D eigenvalue weighted by atomic mass is 16.6. The van der Waals surface area contributed by atoms with Gasteiger partial charge in [-0.15, -0.1) is 0 Å². The summed E-state index contributed by atoms with van der Waals surface area (Å²) >= 11 is 0. The van der Waals surface area contributed by atoms with Crippen molar-refractivity contribution in [3.8, 4) is 6.07 Å². The van der Waals surface area contributed by atoms with Crippen LogP contribution >= 0.6 is 0 Å². The topological polar surface area (TPSA) is 65.4 Å². The van der Waals surface area contributed by atoms with E-state index in [-0.39, 0.29) is 12.1 Å². The zero-order valence-corrected chi connectivity index (χ0v) is 12.7. The molecule has 2 rings (SSSR count). The van der Waals surface area contributed by atoms with Crippen LogP contribution in [0.4, 0.5) is 4.79 Å². The lowest BCUT2D eigenvalue weighted by Crippen LogP contribution is -2.50. The maximum atomic E-state index is 12.3. The number of carbonyl (C=O) groups excluding carboxylic acids is 1. The Bertz CT molecular complexity index is 540. The zero-order valence-electron chi connectivity index (χ0n) is 12.7. The van der Waals surface area contributed by atoms with Crippen molar-refractivity contribution in [2.45, 2.75) is 32.4 Å². The molecule has 1 aliphatic heterocycles. The lowest BCUT2D eigenvalue weighted by Gasteiger charge is -2.37. The first-order chi connectivity index (χ1) is 9.90. The number of ether oxygens (including phenoxy) is 1. The van der Waals surface area contributed by atoms with Crippen LogP contribution < -0.4 is 5.32 Å². The van der Waals surface area contributed by atoms with Crippen LogP contribution in [0.3, 0.4) is 0 Å². The van der Waals surface area contributed by atoms with Gasteiger partial charge in [0.05, 0.1) is 17.7 Å². The second-order valence-corrected chi connectivity index (χ2v) is 6.13. The number of carbonyl (C=O) groups is 1. The van der Waals surface area contributed by atoms with Crippen molar-refractivity contribution in [3.63, 3.8) is 0 Å². The fraction of sp³-hybridized carbons (Fsp3) is 0.500. The van der Waals surface area contributed by atoms with E-state index in [1.54, 1.807) is 17.0 Å². The lowest BCUT2D eigenvalue weighted by molar-refractivity contribution is 0.0118. The highest BCUT2D eigenvalue weighted by Gasteiger charge is 2.31. The Morgan fingerprint density at radius 3 is 2.62 bits per heavy atom. The van der Waals surface area contributed by atoms with E-state index in [0.717, 1.165) is 12.1 Å². The lowest BCUT2D eigenvalue weighted by atomic mass is 10.0. The maximum Gasteiger partial charge on any atom is 0.410 e. The standard InChI is InChI=1S/C16H21N3O2/c1-16(2,3)21-15(20)19-9-8-18-11-14(19)13-6-4-12(10-17)5-7-13/h4-7,14,18H,8-9,11H2,1-3H3. The molecule has 1 atom stereocenters. The molecule has 21 heavy (non-hydrogen) atoms. The Kier molecular flexibility index (Phi) is 4.49. The van der Waals surface area contributed by atoms with Crippen molar-refractivity contribution in [2.75, 3.05) is 19.6 Å². The number of hydrogen-bond acceptors (Lipinski definition) is 4. The van der Waals surface area contributed by atoms with Gasteiger partial charge in [-0.05, 0) is 38.5 Å².